The maximum absolute atomic E-state index is 10.9. The van der Waals surface area contributed by atoms with E-state index in [1.807, 2.05) is 0 Å². The number of aliphatic hydroxyl groups is 1. The topological polar surface area (TPSA) is 76.0 Å². The second-order valence-corrected chi connectivity index (χ2v) is 5.05. The average molecular weight is 353 g/mol. The van der Waals surface area contributed by atoms with Crippen LogP contribution < -0.4 is 9.47 Å². The molecule has 110 valence electrons. The van der Waals surface area contributed by atoms with Crippen LogP contribution in [0.5, 0.6) is 17.2 Å². The SMILES string of the molecule is COc1cc(CO)ccc1Oc1ccc(C(=O)O)c(Br)c1. The first-order valence-corrected chi connectivity index (χ1v) is 6.83. The van der Waals surface area contributed by atoms with Crippen LogP contribution in [0.1, 0.15) is 15.9 Å². The van der Waals surface area contributed by atoms with Crippen molar-refractivity contribution in [2.24, 2.45) is 0 Å². The second kappa shape index (κ2) is 6.60. The summed E-state index contributed by atoms with van der Waals surface area (Å²) in [5, 5.41) is 18.1. The number of hydrogen-bond donors (Lipinski definition) is 2. The summed E-state index contributed by atoms with van der Waals surface area (Å²) in [6.45, 7) is -0.0878. The smallest absolute Gasteiger partial charge is 0.336 e. The zero-order chi connectivity index (χ0) is 15.4. The van der Waals surface area contributed by atoms with Crippen LogP contribution in [0.4, 0.5) is 0 Å². The minimum absolute atomic E-state index is 0.0878. The molecule has 0 amide bonds. The second-order valence-electron chi connectivity index (χ2n) is 4.19. The summed E-state index contributed by atoms with van der Waals surface area (Å²) >= 11 is 3.19. The third kappa shape index (κ3) is 3.53. The molecule has 0 radical (unpaired) electrons. The van der Waals surface area contributed by atoms with E-state index in [4.69, 9.17) is 19.7 Å². The van der Waals surface area contributed by atoms with E-state index in [0.29, 0.717) is 27.3 Å². The number of halogens is 1. The molecule has 0 saturated carbocycles. The van der Waals surface area contributed by atoms with E-state index in [0.717, 1.165) is 0 Å². The van der Waals surface area contributed by atoms with Crippen LogP contribution in [0.3, 0.4) is 0 Å². The van der Waals surface area contributed by atoms with E-state index in [2.05, 4.69) is 15.9 Å². The maximum atomic E-state index is 10.9. The molecule has 2 rings (SSSR count). The number of aliphatic hydroxyl groups excluding tert-OH is 1. The van der Waals surface area contributed by atoms with Gasteiger partial charge in [-0.2, -0.15) is 0 Å². The van der Waals surface area contributed by atoms with Gasteiger partial charge in [0, 0.05) is 4.47 Å². The van der Waals surface area contributed by atoms with Crippen LogP contribution >= 0.6 is 15.9 Å². The van der Waals surface area contributed by atoms with Crippen molar-refractivity contribution in [2.75, 3.05) is 7.11 Å². The van der Waals surface area contributed by atoms with Crippen molar-refractivity contribution in [3.8, 4) is 17.2 Å². The average Bonchev–Trinajstić information content (AvgIpc) is 2.47. The fourth-order valence-corrected chi connectivity index (χ4v) is 2.28. The number of methoxy groups -OCH3 is 1. The molecule has 0 spiro atoms. The Balaban J connectivity index is 2.30. The Hall–Kier alpha value is -2.05. The number of aromatic carboxylic acids is 1. The Morgan fingerprint density at radius 1 is 1.19 bits per heavy atom. The molecule has 0 aliphatic rings. The maximum Gasteiger partial charge on any atom is 0.336 e. The summed E-state index contributed by atoms with van der Waals surface area (Å²) in [5.74, 6) is 0.421. The lowest BCUT2D eigenvalue weighted by Crippen LogP contribution is -1.98. The lowest BCUT2D eigenvalue weighted by molar-refractivity contribution is 0.0696. The fourth-order valence-electron chi connectivity index (χ4n) is 1.75. The predicted octanol–water partition coefficient (Wildman–Crippen LogP) is 3.44. The Morgan fingerprint density at radius 3 is 2.52 bits per heavy atom. The van der Waals surface area contributed by atoms with Gasteiger partial charge < -0.3 is 19.7 Å². The fraction of sp³-hybridized carbons (Fsp3) is 0.133. The molecule has 0 atom stereocenters. The Kier molecular flexibility index (Phi) is 4.82. The molecule has 2 N–H and O–H groups in total. The van der Waals surface area contributed by atoms with Gasteiger partial charge in [-0.05, 0) is 51.8 Å². The molecule has 21 heavy (non-hydrogen) atoms. The molecule has 0 unspecified atom stereocenters. The molecule has 2 aromatic rings. The van der Waals surface area contributed by atoms with Crippen molar-refractivity contribution in [1.82, 2.24) is 0 Å². The molecule has 0 saturated heterocycles. The Labute approximate surface area is 129 Å². The lowest BCUT2D eigenvalue weighted by atomic mass is 10.2. The molecule has 0 aliphatic carbocycles. The van der Waals surface area contributed by atoms with Gasteiger partial charge in [-0.25, -0.2) is 4.79 Å². The van der Waals surface area contributed by atoms with Crippen LogP contribution in [0.2, 0.25) is 0 Å². The predicted molar refractivity (Wildman–Crippen MR) is 80.1 cm³/mol. The van der Waals surface area contributed by atoms with Crippen molar-refractivity contribution in [3.05, 3.63) is 52.0 Å². The van der Waals surface area contributed by atoms with Crippen LogP contribution in [-0.2, 0) is 6.61 Å². The van der Waals surface area contributed by atoms with Crippen LogP contribution in [-0.4, -0.2) is 23.3 Å². The normalized spacial score (nSPS) is 10.2. The van der Waals surface area contributed by atoms with Gasteiger partial charge in [0.25, 0.3) is 0 Å². The van der Waals surface area contributed by atoms with Gasteiger partial charge in [0.05, 0.1) is 19.3 Å². The van der Waals surface area contributed by atoms with Crippen molar-refractivity contribution in [2.45, 2.75) is 6.61 Å². The number of ether oxygens (including phenoxy) is 2. The quantitative estimate of drug-likeness (QED) is 0.861. The number of hydrogen-bond acceptors (Lipinski definition) is 4. The highest BCUT2D eigenvalue weighted by Crippen LogP contribution is 2.34. The van der Waals surface area contributed by atoms with Crippen molar-refractivity contribution in [3.63, 3.8) is 0 Å². The summed E-state index contributed by atoms with van der Waals surface area (Å²) in [4.78, 5) is 10.9. The van der Waals surface area contributed by atoms with Gasteiger partial charge >= 0.3 is 5.97 Å². The molecule has 2 aromatic carbocycles. The highest BCUT2D eigenvalue weighted by Gasteiger charge is 2.11. The van der Waals surface area contributed by atoms with Crippen molar-refractivity contribution >= 4 is 21.9 Å². The highest BCUT2D eigenvalue weighted by molar-refractivity contribution is 9.10. The number of carboxylic acid groups (broad SMARTS) is 1. The van der Waals surface area contributed by atoms with E-state index < -0.39 is 5.97 Å². The minimum atomic E-state index is -1.02. The van der Waals surface area contributed by atoms with Crippen molar-refractivity contribution in [1.29, 1.82) is 0 Å². The summed E-state index contributed by atoms with van der Waals surface area (Å²) in [7, 11) is 1.51. The molecule has 0 heterocycles. The minimum Gasteiger partial charge on any atom is -0.493 e. The first kappa shape index (κ1) is 15.3. The van der Waals surface area contributed by atoms with Gasteiger partial charge in [-0.15, -0.1) is 0 Å². The van der Waals surface area contributed by atoms with Crippen LogP contribution in [0.25, 0.3) is 0 Å². The summed E-state index contributed by atoms with van der Waals surface area (Å²) in [6, 6.07) is 9.67. The third-order valence-corrected chi connectivity index (χ3v) is 3.47. The molecule has 0 aromatic heterocycles. The molecule has 0 bridgehead atoms. The number of benzene rings is 2. The van der Waals surface area contributed by atoms with Crippen LogP contribution in [0.15, 0.2) is 40.9 Å². The largest absolute Gasteiger partial charge is 0.493 e. The van der Waals surface area contributed by atoms with E-state index in [9.17, 15) is 4.79 Å². The molecular weight excluding hydrogens is 340 g/mol. The van der Waals surface area contributed by atoms with Gasteiger partial charge in [0.15, 0.2) is 11.5 Å². The molecule has 6 heteroatoms. The molecule has 0 aliphatic heterocycles. The van der Waals surface area contributed by atoms with Gasteiger partial charge in [0.2, 0.25) is 0 Å². The number of carbonyl (C=O) groups is 1. The summed E-state index contributed by atoms with van der Waals surface area (Å²) in [6.07, 6.45) is 0. The zero-order valence-electron chi connectivity index (χ0n) is 11.2. The Morgan fingerprint density at radius 2 is 1.95 bits per heavy atom. The first-order chi connectivity index (χ1) is 10.0. The monoisotopic (exact) mass is 352 g/mol. The van der Waals surface area contributed by atoms with Gasteiger partial charge in [-0.3, -0.25) is 0 Å². The number of rotatable bonds is 5. The molecular formula is C15H13BrO5. The number of carboxylic acids is 1. The van der Waals surface area contributed by atoms with Gasteiger partial charge in [-0.1, -0.05) is 6.07 Å². The highest BCUT2D eigenvalue weighted by atomic mass is 79.9. The standard InChI is InChI=1S/C15H13BrO5/c1-20-14-6-9(8-17)2-5-13(14)21-10-3-4-11(15(18)19)12(16)7-10/h2-7,17H,8H2,1H3,(H,18,19). The van der Waals surface area contributed by atoms with Gasteiger partial charge in [0.1, 0.15) is 5.75 Å². The van der Waals surface area contributed by atoms with E-state index >= 15 is 0 Å². The Bertz CT molecular complexity index is 669. The van der Waals surface area contributed by atoms with Crippen molar-refractivity contribution < 1.29 is 24.5 Å². The van der Waals surface area contributed by atoms with E-state index in [-0.39, 0.29) is 12.2 Å². The van der Waals surface area contributed by atoms with E-state index in [1.165, 1.54) is 13.2 Å². The molecule has 0 fully saturated rings. The summed E-state index contributed by atoms with van der Waals surface area (Å²) < 4.78 is 11.3. The third-order valence-electron chi connectivity index (χ3n) is 2.81. The van der Waals surface area contributed by atoms with E-state index in [1.54, 1.807) is 30.3 Å². The molecule has 5 nitrogen and oxygen atoms in total. The summed E-state index contributed by atoms with van der Waals surface area (Å²) in [5.41, 5.74) is 0.867. The zero-order valence-corrected chi connectivity index (χ0v) is 12.8. The van der Waals surface area contributed by atoms with Crippen LogP contribution in [0, 0.1) is 0 Å². The lowest BCUT2D eigenvalue weighted by Gasteiger charge is -2.12. The first-order valence-electron chi connectivity index (χ1n) is 6.03.